The highest BCUT2D eigenvalue weighted by molar-refractivity contribution is 7.99. The van der Waals surface area contributed by atoms with Crippen LogP contribution in [0, 0.1) is 0 Å². The van der Waals surface area contributed by atoms with Crippen molar-refractivity contribution in [3.63, 3.8) is 0 Å². The Morgan fingerprint density at radius 1 is 1.11 bits per heavy atom. The van der Waals surface area contributed by atoms with E-state index in [0.29, 0.717) is 0 Å². The number of hydrogen-bond donors (Lipinski definition) is 2. The molecule has 27 heavy (non-hydrogen) atoms. The molecular formula is C19H19ClN2O3S2. The van der Waals surface area contributed by atoms with Crippen LogP contribution in [0.4, 0.5) is 0 Å². The number of fused-ring (bicyclic) bond motifs is 1. The minimum atomic E-state index is -3.73. The monoisotopic (exact) mass is 422 g/mol. The van der Waals surface area contributed by atoms with Crippen molar-refractivity contribution in [3.8, 4) is 0 Å². The first-order valence-electron chi connectivity index (χ1n) is 8.78. The smallest absolute Gasteiger partial charge is 0.251 e. The minimum absolute atomic E-state index is 0.0280. The molecule has 0 unspecified atom stereocenters. The second kappa shape index (κ2) is 7.47. The lowest BCUT2D eigenvalue weighted by Gasteiger charge is -2.26. The first-order chi connectivity index (χ1) is 12.9. The maximum Gasteiger partial charge on any atom is 0.251 e. The lowest BCUT2D eigenvalue weighted by atomic mass is 10.0. The van der Waals surface area contributed by atoms with Crippen LogP contribution in [-0.2, 0) is 10.0 Å². The predicted octanol–water partition coefficient (Wildman–Crippen LogP) is 3.75. The second-order valence-electron chi connectivity index (χ2n) is 6.74. The largest absolute Gasteiger partial charge is 0.345 e. The number of thioether (sulfide) groups is 1. The third-order valence-electron chi connectivity index (χ3n) is 4.65. The molecule has 1 atom stereocenters. The molecule has 0 spiro atoms. The van der Waals surface area contributed by atoms with Gasteiger partial charge in [0.25, 0.3) is 5.91 Å². The number of amides is 1. The molecule has 2 aromatic carbocycles. The van der Waals surface area contributed by atoms with E-state index in [1.54, 1.807) is 17.8 Å². The molecule has 1 saturated carbocycles. The normalized spacial score (nSPS) is 19.4. The molecule has 5 nitrogen and oxygen atoms in total. The molecule has 1 amide bonds. The summed E-state index contributed by atoms with van der Waals surface area (Å²) in [6.07, 6.45) is 2.49. The molecule has 2 aliphatic rings. The van der Waals surface area contributed by atoms with Crippen LogP contribution in [0.25, 0.3) is 0 Å². The van der Waals surface area contributed by atoms with Crippen molar-refractivity contribution in [1.82, 2.24) is 10.0 Å². The average molecular weight is 423 g/mol. The number of sulfonamides is 1. The van der Waals surface area contributed by atoms with Crippen molar-refractivity contribution in [2.75, 3.05) is 5.75 Å². The Hall–Kier alpha value is -1.54. The molecule has 1 fully saturated rings. The lowest BCUT2D eigenvalue weighted by molar-refractivity contribution is 0.0935. The number of benzene rings is 2. The number of halogens is 1. The summed E-state index contributed by atoms with van der Waals surface area (Å²) in [7, 11) is -3.73. The Morgan fingerprint density at radius 2 is 1.89 bits per heavy atom. The van der Waals surface area contributed by atoms with Gasteiger partial charge < -0.3 is 5.32 Å². The average Bonchev–Trinajstić information content (AvgIpc) is 3.45. The topological polar surface area (TPSA) is 75.3 Å². The molecule has 0 saturated heterocycles. The van der Waals surface area contributed by atoms with E-state index in [0.717, 1.165) is 30.6 Å². The van der Waals surface area contributed by atoms with Crippen molar-refractivity contribution >= 4 is 39.3 Å². The van der Waals surface area contributed by atoms with Gasteiger partial charge in [0.1, 0.15) is 4.90 Å². The molecule has 1 aliphatic heterocycles. The first-order valence-corrected chi connectivity index (χ1v) is 11.6. The SMILES string of the molecule is O=C(N[C@@H]1CCSc2ccccc21)c1ccc(Cl)c(S(=O)(=O)NC2CC2)c1. The number of hydrogen-bond acceptors (Lipinski definition) is 4. The molecule has 1 aliphatic carbocycles. The van der Waals surface area contributed by atoms with Gasteiger partial charge >= 0.3 is 0 Å². The quantitative estimate of drug-likeness (QED) is 0.769. The third-order valence-corrected chi connectivity index (χ3v) is 7.77. The zero-order valence-electron chi connectivity index (χ0n) is 14.4. The highest BCUT2D eigenvalue weighted by Crippen LogP contribution is 2.36. The molecule has 142 valence electrons. The molecule has 4 rings (SSSR count). The number of nitrogens with one attached hydrogen (secondary N) is 2. The molecule has 8 heteroatoms. The van der Waals surface area contributed by atoms with Crippen LogP contribution in [0.1, 0.15) is 41.2 Å². The van der Waals surface area contributed by atoms with Crippen molar-refractivity contribution in [3.05, 3.63) is 58.6 Å². The standard InChI is InChI=1S/C19H19ClN2O3S2/c20-15-8-5-12(11-18(15)27(24,25)22-13-6-7-13)19(23)21-16-9-10-26-17-4-2-1-3-14(16)17/h1-5,8,11,13,16,22H,6-7,9-10H2,(H,21,23)/t16-/m1/s1. The highest BCUT2D eigenvalue weighted by Gasteiger charge is 2.30. The minimum Gasteiger partial charge on any atom is -0.345 e. The first kappa shape index (κ1) is 18.8. The number of carbonyl (C=O) groups is 1. The van der Waals surface area contributed by atoms with E-state index >= 15 is 0 Å². The Bertz CT molecular complexity index is 990. The molecule has 0 aromatic heterocycles. The van der Waals surface area contributed by atoms with Gasteiger partial charge in [0, 0.05) is 22.3 Å². The molecule has 2 aromatic rings. The van der Waals surface area contributed by atoms with Gasteiger partial charge in [0.05, 0.1) is 11.1 Å². The predicted molar refractivity (Wildman–Crippen MR) is 107 cm³/mol. The maximum absolute atomic E-state index is 12.8. The summed E-state index contributed by atoms with van der Waals surface area (Å²) < 4.78 is 27.6. The van der Waals surface area contributed by atoms with Crippen LogP contribution in [-0.4, -0.2) is 26.1 Å². The summed E-state index contributed by atoms with van der Waals surface area (Å²) >= 11 is 7.87. The van der Waals surface area contributed by atoms with Crippen LogP contribution < -0.4 is 10.0 Å². The summed E-state index contributed by atoms with van der Waals surface area (Å²) in [5, 5.41) is 3.14. The van der Waals surface area contributed by atoms with Gasteiger partial charge in [0.15, 0.2) is 0 Å². The molecule has 0 radical (unpaired) electrons. The van der Waals surface area contributed by atoms with Gasteiger partial charge in [-0.25, -0.2) is 13.1 Å². The zero-order chi connectivity index (χ0) is 19.0. The van der Waals surface area contributed by atoms with Crippen molar-refractivity contribution in [1.29, 1.82) is 0 Å². The Kier molecular flexibility index (Phi) is 5.20. The van der Waals surface area contributed by atoms with Gasteiger partial charge in [-0.15, -0.1) is 11.8 Å². The van der Waals surface area contributed by atoms with Crippen molar-refractivity contribution in [2.45, 2.75) is 41.1 Å². The molecular weight excluding hydrogens is 404 g/mol. The van der Waals surface area contributed by atoms with E-state index in [2.05, 4.69) is 16.1 Å². The summed E-state index contributed by atoms with van der Waals surface area (Å²) in [5.74, 6) is 0.620. The Labute approximate surface area is 167 Å². The fraction of sp³-hybridized carbons (Fsp3) is 0.316. The summed E-state index contributed by atoms with van der Waals surface area (Å²) in [5.41, 5.74) is 1.38. The Morgan fingerprint density at radius 3 is 2.67 bits per heavy atom. The molecule has 1 heterocycles. The van der Waals surface area contributed by atoms with Gasteiger partial charge in [-0.1, -0.05) is 29.8 Å². The van der Waals surface area contributed by atoms with E-state index in [1.165, 1.54) is 17.0 Å². The van der Waals surface area contributed by atoms with Crippen LogP contribution in [0.5, 0.6) is 0 Å². The summed E-state index contributed by atoms with van der Waals surface area (Å²) in [6.45, 7) is 0. The zero-order valence-corrected chi connectivity index (χ0v) is 16.8. The van der Waals surface area contributed by atoms with E-state index in [4.69, 9.17) is 11.6 Å². The molecule has 2 N–H and O–H groups in total. The van der Waals surface area contributed by atoms with Gasteiger partial charge in [-0.05, 0) is 49.1 Å². The van der Waals surface area contributed by atoms with E-state index in [1.807, 2.05) is 18.2 Å². The van der Waals surface area contributed by atoms with Crippen molar-refractivity contribution in [2.24, 2.45) is 0 Å². The van der Waals surface area contributed by atoms with E-state index in [-0.39, 0.29) is 33.5 Å². The summed E-state index contributed by atoms with van der Waals surface area (Å²) in [6, 6.07) is 12.3. The maximum atomic E-state index is 12.8. The van der Waals surface area contributed by atoms with Crippen LogP contribution in [0.2, 0.25) is 5.02 Å². The van der Waals surface area contributed by atoms with Crippen molar-refractivity contribution < 1.29 is 13.2 Å². The fourth-order valence-corrected chi connectivity index (χ4v) is 6.02. The number of carbonyl (C=O) groups excluding carboxylic acids is 1. The van der Waals surface area contributed by atoms with Crippen LogP contribution in [0.3, 0.4) is 0 Å². The number of rotatable bonds is 5. The highest BCUT2D eigenvalue weighted by atomic mass is 35.5. The third kappa shape index (κ3) is 4.16. The van der Waals surface area contributed by atoms with Gasteiger partial charge in [-0.2, -0.15) is 0 Å². The van der Waals surface area contributed by atoms with Gasteiger partial charge in [-0.3, -0.25) is 4.79 Å². The Balaban J connectivity index is 1.57. The van der Waals surface area contributed by atoms with Crippen LogP contribution in [0.15, 0.2) is 52.3 Å². The lowest BCUT2D eigenvalue weighted by Crippen LogP contribution is -2.31. The van der Waals surface area contributed by atoms with E-state index < -0.39 is 10.0 Å². The second-order valence-corrected chi connectivity index (χ2v) is 9.97. The summed E-state index contributed by atoms with van der Waals surface area (Å²) in [4.78, 5) is 13.9. The van der Waals surface area contributed by atoms with Gasteiger partial charge in [0.2, 0.25) is 10.0 Å². The fourth-order valence-electron chi connectivity index (χ4n) is 3.07. The molecule has 0 bridgehead atoms. The van der Waals surface area contributed by atoms with E-state index in [9.17, 15) is 13.2 Å². The van der Waals surface area contributed by atoms with Crippen LogP contribution >= 0.6 is 23.4 Å².